The lowest BCUT2D eigenvalue weighted by molar-refractivity contribution is 0.0602. The maximum atomic E-state index is 13.3. The number of para-hydroxylation sites is 1. The van der Waals surface area contributed by atoms with Crippen LogP contribution in [0.3, 0.4) is 0 Å². The van der Waals surface area contributed by atoms with Crippen LogP contribution in [0.1, 0.15) is 16.1 Å². The minimum absolute atomic E-state index is 0.00185. The van der Waals surface area contributed by atoms with Crippen molar-refractivity contribution in [2.45, 2.75) is 6.92 Å². The molecule has 0 radical (unpaired) electrons. The third kappa shape index (κ3) is 4.51. The molecule has 1 aromatic heterocycles. The molecule has 0 spiro atoms. The molecule has 0 bridgehead atoms. The summed E-state index contributed by atoms with van der Waals surface area (Å²) in [6, 6.07) is 12.9. The summed E-state index contributed by atoms with van der Waals surface area (Å²) in [4.78, 5) is 20.6. The van der Waals surface area contributed by atoms with Crippen LogP contribution < -0.4 is 10.6 Å². The van der Waals surface area contributed by atoms with Crippen LogP contribution in [-0.2, 0) is 4.74 Å². The summed E-state index contributed by atoms with van der Waals surface area (Å²) in [7, 11) is 1.32. The molecular formula is C19H16ClFN4O2. The zero-order chi connectivity index (χ0) is 19.4. The summed E-state index contributed by atoms with van der Waals surface area (Å²) in [6.45, 7) is 1.81. The minimum Gasteiger partial charge on any atom is -0.465 e. The second kappa shape index (κ2) is 8.01. The summed E-state index contributed by atoms with van der Waals surface area (Å²) in [5, 5.41) is 6.08. The molecule has 0 unspecified atom stereocenters. The summed E-state index contributed by atoms with van der Waals surface area (Å²) < 4.78 is 18.1. The quantitative estimate of drug-likeness (QED) is 0.610. The molecule has 27 heavy (non-hydrogen) atoms. The Balaban J connectivity index is 1.88. The molecule has 0 saturated carbocycles. The van der Waals surface area contributed by atoms with Gasteiger partial charge in [0.15, 0.2) is 0 Å². The second-order valence-corrected chi connectivity index (χ2v) is 6.04. The van der Waals surface area contributed by atoms with E-state index in [2.05, 4.69) is 20.6 Å². The largest absolute Gasteiger partial charge is 0.465 e. The van der Waals surface area contributed by atoms with Crippen molar-refractivity contribution in [1.82, 2.24) is 9.97 Å². The van der Waals surface area contributed by atoms with Gasteiger partial charge in [0.25, 0.3) is 0 Å². The van der Waals surface area contributed by atoms with E-state index in [9.17, 15) is 9.18 Å². The molecule has 0 aliphatic carbocycles. The van der Waals surface area contributed by atoms with Crippen molar-refractivity contribution in [2.75, 3.05) is 17.7 Å². The van der Waals surface area contributed by atoms with Gasteiger partial charge in [0.1, 0.15) is 11.6 Å². The first kappa shape index (κ1) is 18.6. The van der Waals surface area contributed by atoms with E-state index < -0.39 is 11.8 Å². The average Bonchev–Trinajstić information content (AvgIpc) is 2.64. The van der Waals surface area contributed by atoms with Gasteiger partial charge in [-0.05, 0) is 37.3 Å². The van der Waals surface area contributed by atoms with Crippen LogP contribution in [-0.4, -0.2) is 23.0 Å². The van der Waals surface area contributed by atoms with Gasteiger partial charge in [0.2, 0.25) is 5.95 Å². The van der Waals surface area contributed by atoms with Crippen LogP contribution in [0, 0.1) is 12.7 Å². The topological polar surface area (TPSA) is 76.1 Å². The van der Waals surface area contributed by atoms with Crippen molar-refractivity contribution in [3.05, 3.63) is 70.6 Å². The first-order valence-corrected chi connectivity index (χ1v) is 8.36. The van der Waals surface area contributed by atoms with Crippen molar-refractivity contribution in [2.24, 2.45) is 0 Å². The maximum Gasteiger partial charge on any atom is 0.339 e. The fourth-order valence-corrected chi connectivity index (χ4v) is 2.59. The molecule has 6 nitrogen and oxygen atoms in total. The maximum absolute atomic E-state index is 13.3. The molecule has 0 aliphatic heterocycles. The van der Waals surface area contributed by atoms with Crippen LogP contribution in [0.5, 0.6) is 0 Å². The number of nitrogens with zero attached hydrogens (tertiary/aromatic N) is 2. The first-order chi connectivity index (χ1) is 13.0. The van der Waals surface area contributed by atoms with Crippen LogP contribution in [0.2, 0.25) is 5.02 Å². The number of hydrogen-bond donors (Lipinski definition) is 2. The van der Waals surface area contributed by atoms with Crippen molar-refractivity contribution >= 4 is 40.7 Å². The Morgan fingerprint density at radius 2 is 1.89 bits per heavy atom. The van der Waals surface area contributed by atoms with E-state index in [4.69, 9.17) is 16.3 Å². The van der Waals surface area contributed by atoms with Gasteiger partial charge in [-0.2, -0.15) is 4.98 Å². The number of rotatable bonds is 5. The Kier molecular flexibility index (Phi) is 5.52. The number of aromatic nitrogens is 2. The standard InChI is InChI=1S/C19H16ClFN4O2/c1-11-9-17(24-16-6-4-3-5-13(16)18(26)27-2)25-19(22-11)23-12-7-8-15(21)14(20)10-12/h3-10H,1-2H3,(H2,22,23,24,25). The summed E-state index contributed by atoms with van der Waals surface area (Å²) >= 11 is 5.80. The highest BCUT2D eigenvalue weighted by Crippen LogP contribution is 2.24. The monoisotopic (exact) mass is 386 g/mol. The number of ether oxygens (including phenoxy) is 1. The van der Waals surface area contributed by atoms with Crippen LogP contribution in [0.25, 0.3) is 0 Å². The number of carbonyl (C=O) groups excluding carboxylic acids is 1. The van der Waals surface area contributed by atoms with Gasteiger partial charge in [-0.3, -0.25) is 0 Å². The number of esters is 1. The first-order valence-electron chi connectivity index (χ1n) is 7.98. The molecule has 3 aromatic rings. The van der Waals surface area contributed by atoms with E-state index in [0.29, 0.717) is 34.4 Å². The second-order valence-electron chi connectivity index (χ2n) is 5.63. The fourth-order valence-electron chi connectivity index (χ4n) is 2.41. The van der Waals surface area contributed by atoms with E-state index >= 15 is 0 Å². The zero-order valence-corrected chi connectivity index (χ0v) is 15.3. The predicted molar refractivity (Wildman–Crippen MR) is 103 cm³/mol. The lowest BCUT2D eigenvalue weighted by Crippen LogP contribution is -2.07. The normalized spacial score (nSPS) is 10.4. The number of aryl methyl sites for hydroxylation is 1. The van der Waals surface area contributed by atoms with Crippen LogP contribution >= 0.6 is 11.6 Å². The van der Waals surface area contributed by atoms with E-state index in [1.165, 1.54) is 25.3 Å². The van der Waals surface area contributed by atoms with Crippen molar-refractivity contribution < 1.29 is 13.9 Å². The lowest BCUT2D eigenvalue weighted by atomic mass is 10.2. The zero-order valence-electron chi connectivity index (χ0n) is 14.6. The minimum atomic E-state index is -0.505. The van der Waals surface area contributed by atoms with Gasteiger partial charge >= 0.3 is 5.97 Å². The molecule has 0 amide bonds. The Labute approximate surface area is 160 Å². The van der Waals surface area contributed by atoms with Crippen LogP contribution in [0.4, 0.5) is 27.5 Å². The fraction of sp³-hybridized carbons (Fsp3) is 0.105. The molecule has 3 rings (SSSR count). The van der Waals surface area contributed by atoms with Crippen LogP contribution in [0.15, 0.2) is 48.5 Å². The van der Waals surface area contributed by atoms with Crippen molar-refractivity contribution in [1.29, 1.82) is 0 Å². The van der Waals surface area contributed by atoms with Gasteiger partial charge in [-0.15, -0.1) is 0 Å². The van der Waals surface area contributed by atoms with Gasteiger partial charge in [-0.1, -0.05) is 23.7 Å². The number of halogens is 2. The molecule has 0 fully saturated rings. The van der Waals surface area contributed by atoms with Gasteiger partial charge < -0.3 is 15.4 Å². The van der Waals surface area contributed by atoms with Gasteiger partial charge in [0.05, 0.1) is 23.4 Å². The van der Waals surface area contributed by atoms with Crippen molar-refractivity contribution in [3.63, 3.8) is 0 Å². The highest BCUT2D eigenvalue weighted by atomic mass is 35.5. The Morgan fingerprint density at radius 1 is 1.11 bits per heavy atom. The molecular weight excluding hydrogens is 371 g/mol. The predicted octanol–water partition coefficient (Wildman–Crippen LogP) is 4.85. The number of nitrogens with one attached hydrogen (secondary N) is 2. The lowest BCUT2D eigenvalue weighted by Gasteiger charge is -2.12. The summed E-state index contributed by atoms with van der Waals surface area (Å²) in [5.74, 6) is -0.178. The van der Waals surface area contributed by atoms with E-state index in [1.807, 2.05) is 6.92 Å². The Morgan fingerprint density at radius 3 is 2.63 bits per heavy atom. The molecule has 0 aliphatic rings. The summed E-state index contributed by atoms with van der Waals surface area (Å²) in [5.41, 5.74) is 2.18. The number of carbonyl (C=O) groups is 1. The molecule has 0 saturated heterocycles. The molecule has 138 valence electrons. The Bertz CT molecular complexity index is 997. The third-order valence-electron chi connectivity index (χ3n) is 3.63. The summed E-state index contributed by atoms with van der Waals surface area (Å²) in [6.07, 6.45) is 0. The molecule has 2 aromatic carbocycles. The van der Waals surface area contributed by atoms with Gasteiger partial charge in [0, 0.05) is 17.4 Å². The molecule has 1 heterocycles. The number of methoxy groups -OCH3 is 1. The Hall–Kier alpha value is -3.19. The molecule has 0 atom stereocenters. The van der Waals surface area contributed by atoms with E-state index in [-0.39, 0.29) is 5.02 Å². The van der Waals surface area contributed by atoms with E-state index in [1.54, 1.807) is 30.3 Å². The van der Waals surface area contributed by atoms with Gasteiger partial charge in [-0.25, -0.2) is 14.2 Å². The number of benzene rings is 2. The average molecular weight is 387 g/mol. The highest BCUT2D eigenvalue weighted by Gasteiger charge is 2.12. The molecule has 8 heteroatoms. The van der Waals surface area contributed by atoms with E-state index in [0.717, 1.165) is 0 Å². The number of hydrogen-bond acceptors (Lipinski definition) is 6. The molecule has 2 N–H and O–H groups in total. The van der Waals surface area contributed by atoms with Crippen molar-refractivity contribution in [3.8, 4) is 0 Å². The smallest absolute Gasteiger partial charge is 0.339 e. The number of anilines is 4. The SMILES string of the molecule is COC(=O)c1ccccc1Nc1cc(C)nc(Nc2ccc(F)c(Cl)c2)n1. The third-order valence-corrected chi connectivity index (χ3v) is 3.91. The highest BCUT2D eigenvalue weighted by molar-refractivity contribution is 6.31.